The number of ether oxygens (including phenoxy) is 1. The third-order valence-corrected chi connectivity index (χ3v) is 4.45. The van der Waals surface area contributed by atoms with Gasteiger partial charge in [-0.15, -0.1) is 5.10 Å². The maximum atomic E-state index is 12.8. The van der Waals surface area contributed by atoms with E-state index in [-0.39, 0.29) is 11.9 Å². The fourth-order valence-electron chi connectivity index (χ4n) is 3.18. The molecule has 130 valence electrons. The van der Waals surface area contributed by atoms with Crippen LogP contribution in [0.25, 0.3) is 5.57 Å². The lowest BCUT2D eigenvalue weighted by Gasteiger charge is -2.23. The third kappa shape index (κ3) is 3.63. The van der Waals surface area contributed by atoms with Gasteiger partial charge in [0.15, 0.2) is 0 Å². The summed E-state index contributed by atoms with van der Waals surface area (Å²) in [6.45, 7) is 2.63. The zero-order valence-electron chi connectivity index (χ0n) is 14.5. The Bertz CT molecular complexity index is 786. The molecule has 0 spiro atoms. The van der Waals surface area contributed by atoms with Crippen LogP contribution in [0.15, 0.2) is 42.5 Å². The van der Waals surface area contributed by atoms with Crippen molar-refractivity contribution in [3.8, 4) is 5.75 Å². The smallest absolute Gasteiger partial charge is 0.247 e. The maximum absolute atomic E-state index is 12.8. The summed E-state index contributed by atoms with van der Waals surface area (Å²) in [4.78, 5) is 14.7. The van der Waals surface area contributed by atoms with Crippen molar-refractivity contribution in [2.45, 2.75) is 25.8 Å². The van der Waals surface area contributed by atoms with E-state index in [1.807, 2.05) is 42.2 Å². The number of aromatic nitrogens is 2. The van der Waals surface area contributed by atoms with Crippen LogP contribution in [0.2, 0.25) is 0 Å². The summed E-state index contributed by atoms with van der Waals surface area (Å²) in [6.07, 6.45) is 3.50. The molecule has 25 heavy (non-hydrogen) atoms. The lowest BCUT2D eigenvalue weighted by molar-refractivity contribution is -0.126. The molecule has 2 aromatic rings. The van der Waals surface area contributed by atoms with Crippen molar-refractivity contribution in [1.82, 2.24) is 15.1 Å². The molecule has 1 amide bonds. The predicted molar refractivity (Wildman–Crippen MR) is 96.8 cm³/mol. The molecule has 1 atom stereocenters. The molecule has 1 aliphatic rings. The summed E-state index contributed by atoms with van der Waals surface area (Å²) < 4.78 is 5.38. The van der Waals surface area contributed by atoms with Gasteiger partial charge in [0.1, 0.15) is 11.6 Å². The molecule has 0 aliphatic carbocycles. The van der Waals surface area contributed by atoms with Crippen LogP contribution >= 0.6 is 0 Å². The van der Waals surface area contributed by atoms with Gasteiger partial charge in [0.05, 0.1) is 18.8 Å². The van der Waals surface area contributed by atoms with Gasteiger partial charge in [-0.25, -0.2) is 0 Å². The van der Waals surface area contributed by atoms with Crippen molar-refractivity contribution in [2.75, 3.05) is 19.4 Å². The topological polar surface area (TPSA) is 81.3 Å². The summed E-state index contributed by atoms with van der Waals surface area (Å²) in [7, 11) is 1.63. The molecular weight excluding hydrogens is 316 g/mol. The highest BCUT2D eigenvalue weighted by molar-refractivity contribution is 5.95. The number of hydrogen-bond acceptors (Lipinski definition) is 5. The van der Waals surface area contributed by atoms with Crippen LogP contribution in [-0.4, -0.2) is 34.7 Å². The molecule has 1 aliphatic heterocycles. The van der Waals surface area contributed by atoms with Gasteiger partial charge in [-0.2, -0.15) is 5.10 Å². The van der Waals surface area contributed by atoms with Gasteiger partial charge < -0.3 is 15.4 Å². The Kier molecular flexibility index (Phi) is 4.97. The Balaban J connectivity index is 1.83. The lowest BCUT2D eigenvalue weighted by atomic mass is 10.1. The molecule has 2 N–H and O–H groups in total. The summed E-state index contributed by atoms with van der Waals surface area (Å²) >= 11 is 0. The highest BCUT2D eigenvalue weighted by Gasteiger charge is 2.30. The number of methoxy groups -OCH3 is 1. The second-order valence-corrected chi connectivity index (χ2v) is 6.10. The second kappa shape index (κ2) is 7.34. The molecule has 0 radical (unpaired) electrons. The van der Waals surface area contributed by atoms with Crippen molar-refractivity contribution >= 4 is 17.3 Å². The van der Waals surface area contributed by atoms with Crippen molar-refractivity contribution in [2.24, 2.45) is 0 Å². The van der Waals surface area contributed by atoms with E-state index in [0.29, 0.717) is 12.4 Å². The van der Waals surface area contributed by atoms with Crippen molar-refractivity contribution in [3.63, 3.8) is 0 Å². The first-order valence-corrected chi connectivity index (χ1v) is 8.31. The fourth-order valence-corrected chi connectivity index (χ4v) is 3.18. The number of nitrogens with zero attached hydrogens (tertiary/aromatic N) is 3. The first kappa shape index (κ1) is 17.0. The molecule has 2 heterocycles. The number of carbonyl (C=O) groups excluding carboxylic acids is 1. The predicted octanol–water partition coefficient (Wildman–Crippen LogP) is 2.83. The summed E-state index contributed by atoms with van der Waals surface area (Å²) in [6, 6.07) is 11.2. The minimum Gasteiger partial charge on any atom is -0.496 e. The van der Waals surface area contributed by atoms with Gasteiger partial charge >= 0.3 is 0 Å². The van der Waals surface area contributed by atoms with Gasteiger partial charge in [-0.3, -0.25) is 4.79 Å². The van der Waals surface area contributed by atoms with E-state index in [1.54, 1.807) is 19.3 Å². The van der Waals surface area contributed by atoms with E-state index in [2.05, 4.69) is 10.2 Å². The van der Waals surface area contributed by atoms with E-state index in [9.17, 15) is 4.79 Å². The molecule has 1 unspecified atom stereocenters. The minimum absolute atomic E-state index is 0.0236. The number of rotatable bonds is 4. The number of benzene rings is 1. The third-order valence-electron chi connectivity index (χ3n) is 4.45. The number of para-hydroxylation sites is 1. The van der Waals surface area contributed by atoms with Crippen LogP contribution in [0, 0.1) is 0 Å². The number of allylic oxidation sites excluding steroid dienone is 1. The summed E-state index contributed by atoms with van der Waals surface area (Å²) in [5.41, 5.74) is 8.17. The normalized spacial score (nSPS) is 17.6. The van der Waals surface area contributed by atoms with E-state index in [0.717, 1.165) is 35.4 Å². The highest BCUT2D eigenvalue weighted by Crippen LogP contribution is 2.32. The number of anilines is 1. The zero-order valence-corrected chi connectivity index (χ0v) is 14.5. The summed E-state index contributed by atoms with van der Waals surface area (Å²) in [5.74, 6) is 1.11. The molecule has 1 fully saturated rings. The van der Waals surface area contributed by atoms with Crippen molar-refractivity contribution in [1.29, 1.82) is 0 Å². The van der Waals surface area contributed by atoms with Gasteiger partial charge in [0.25, 0.3) is 0 Å². The fraction of sp³-hybridized carbons (Fsp3) is 0.316. The van der Waals surface area contributed by atoms with Crippen LogP contribution in [0.3, 0.4) is 0 Å². The lowest BCUT2D eigenvalue weighted by Crippen LogP contribution is -2.29. The van der Waals surface area contributed by atoms with Crippen LogP contribution in [0.5, 0.6) is 5.75 Å². The molecule has 1 aromatic carbocycles. The summed E-state index contributed by atoms with van der Waals surface area (Å²) in [5, 5.41) is 8.05. The number of amides is 1. The quantitative estimate of drug-likeness (QED) is 0.867. The average molecular weight is 338 g/mol. The standard InChI is InChI=1S/C19H22N4O2/c1-13(14-6-3-4-8-17(14)25-2)12-19(24)23-11-5-7-16(23)15-9-10-18(20)22-21-15/h3-4,6,8-10,12,16H,5,7,11H2,1-2H3,(H2,20,22)/b13-12+. The molecule has 1 aromatic heterocycles. The molecule has 6 heteroatoms. The first-order chi connectivity index (χ1) is 12.1. The molecule has 0 saturated carbocycles. The van der Waals surface area contributed by atoms with Gasteiger partial charge in [-0.05, 0) is 43.5 Å². The number of nitrogens with two attached hydrogens (primary N) is 1. The van der Waals surface area contributed by atoms with Crippen molar-refractivity contribution in [3.05, 3.63) is 53.7 Å². The Morgan fingerprint density at radius 1 is 1.28 bits per heavy atom. The minimum atomic E-state index is -0.0534. The van der Waals surface area contributed by atoms with Crippen LogP contribution in [-0.2, 0) is 4.79 Å². The van der Waals surface area contributed by atoms with Gasteiger partial charge in [0, 0.05) is 18.2 Å². The zero-order chi connectivity index (χ0) is 17.8. The largest absolute Gasteiger partial charge is 0.496 e. The van der Waals surface area contributed by atoms with Gasteiger partial charge in [-0.1, -0.05) is 18.2 Å². The van der Waals surface area contributed by atoms with E-state index < -0.39 is 0 Å². The Morgan fingerprint density at radius 3 is 2.80 bits per heavy atom. The van der Waals surface area contributed by atoms with Crippen LogP contribution in [0.4, 0.5) is 5.82 Å². The molecule has 1 saturated heterocycles. The molecule has 6 nitrogen and oxygen atoms in total. The maximum Gasteiger partial charge on any atom is 0.247 e. The number of hydrogen-bond donors (Lipinski definition) is 1. The number of carbonyl (C=O) groups is 1. The monoisotopic (exact) mass is 338 g/mol. The second-order valence-electron chi connectivity index (χ2n) is 6.10. The number of likely N-dealkylation sites (tertiary alicyclic amines) is 1. The molecular formula is C19H22N4O2. The number of nitrogen functional groups attached to an aromatic ring is 1. The molecule has 3 rings (SSSR count). The van der Waals surface area contributed by atoms with E-state index in [1.165, 1.54) is 0 Å². The Morgan fingerprint density at radius 2 is 2.08 bits per heavy atom. The first-order valence-electron chi connectivity index (χ1n) is 8.31. The van der Waals surface area contributed by atoms with E-state index >= 15 is 0 Å². The Labute approximate surface area is 147 Å². The van der Waals surface area contributed by atoms with Crippen molar-refractivity contribution < 1.29 is 9.53 Å². The van der Waals surface area contributed by atoms with E-state index in [4.69, 9.17) is 10.5 Å². The Hall–Kier alpha value is -2.89. The van der Waals surface area contributed by atoms with Crippen LogP contribution < -0.4 is 10.5 Å². The van der Waals surface area contributed by atoms with Gasteiger partial charge in [0.2, 0.25) is 5.91 Å². The average Bonchev–Trinajstić information content (AvgIpc) is 3.12. The van der Waals surface area contributed by atoms with Crippen LogP contribution in [0.1, 0.15) is 37.1 Å². The molecule has 0 bridgehead atoms. The SMILES string of the molecule is COc1ccccc1/C(C)=C/C(=O)N1CCCC1c1ccc(N)nn1. The highest BCUT2D eigenvalue weighted by atomic mass is 16.5.